The van der Waals surface area contributed by atoms with Gasteiger partial charge in [0, 0.05) is 5.69 Å². The van der Waals surface area contributed by atoms with E-state index in [1.165, 1.54) is 0 Å². The van der Waals surface area contributed by atoms with Gasteiger partial charge in [0.15, 0.2) is 5.90 Å². The maximum atomic E-state index is 11.6. The smallest absolute Gasteiger partial charge is 0.233 e. The van der Waals surface area contributed by atoms with Crippen LogP contribution in [0.25, 0.3) is 0 Å². The van der Waals surface area contributed by atoms with Crippen LogP contribution in [-0.2, 0) is 9.53 Å². The Balaban J connectivity index is 0.00000289. The molecular formula is C13H19ClN2O2. The van der Waals surface area contributed by atoms with Gasteiger partial charge in [0.25, 0.3) is 0 Å². The van der Waals surface area contributed by atoms with Crippen LogP contribution < -0.4 is 5.32 Å². The highest BCUT2D eigenvalue weighted by molar-refractivity contribution is 6.03. The van der Waals surface area contributed by atoms with Gasteiger partial charge in [0.2, 0.25) is 5.91 Å². The van der Waals surface area contributed by atoms with Crippen molar-refractivity contribution in [3.8, 4) is 0 Å². The van der Waals surface area contributed by atoms with Crippen molar-refractivity contribution in [1.29, 1.82) is 5.41 Å². The second-order valence-electron chi connectivity index (χ2n) is 3.83. The van der Waals surface area contributed by atoms with Crippen LogP contribution in [0.15, 0.2) is 18.2 Å². The number of anilines is 1. The largest absolute Gasteiger partial charge is 0.481 e. The maximum absolute atomic E-state index is 11.6. The number of amides is 1. The molecule has 0 atom stereocenters. The number of hydrogen-bond acceptors (Lipinski definition) is 3. The molecule has 100 valence electrons. The number of hydrogen-bond donors (Lipinski definition) is 2. The fourth-order valence-corrected chi connectivity index (χ4v) is 1.45. The Bertz CT molecular complexity index is 433. The highest BCUT2D eigenvalue weighted by atomic mass is 35.5. The third-order valence-corrected chi connectivity index (χ3v) is 2.52. The molecule has 4 nitrogen and oxygen atoms in total. The molecule has 0 aliphatic rings. The third kappa shape index (κ3) is 4.75. The molecule has 0 saturated heterocycles. The standard InChI is InChI=1S/C13H18N2O2.ClH/c1-4-17-12(14)8-13(16)15-11-7-5-6-9(2)10(11)3;/h5-7,14H,4,8H2,1-3H3,(H,15,16);1H. The minimum Gasteiger partial charge on any atom is -0.481 e. The molecule has 0 radical (unpaired) electrons. The van der Waals surface area contributed by atoms with Gasteiger partial charge in [-0.15, -0.1) is 12.4 Å². The number of nitrogens with one attached hydrogen (secondary N) is 2. The van der Waals surface area contributed by atoms with E-state index in [4.69, 9.17) is 10.1 Å². The summed E-state index contributed by atoms with van der Waals surface area (Å²) in [7, 11) is 0. The Morgan fingerprint density at radius 2 is 2.06 bits per heavy atom. The zero-order valence-electron chi connectivity index (χ0n) is 10.9. The van der Waals surface area contributed by atoms with Crippen LogP contribution in [-0.4, -0.2) is 18.4 Å². The average molecular weight is 271 g/mol. The molecule has 0 aromatic heterocycles. The van der Waals surface area contributed by atoms with E-state index >= 15 is 0 Å². The van der Waals surface area contributed by atoms with Gasteiger partial charge in [-0.05, 0) is 38.0 Å². The zero-order valence-corrected chi connectivity index (χ0v) is 11.7. The number of benzene rings is 1. The summed E-state index contributed by atoms with van der Waals surface area (Å²) < 4.78 is 4.93. The highest BCUT2D eigenvalue weighted by Crippen LogP contribution is 2.18. The summed E-state index contributed by atoms with van der Waals surface area (Å²) in [6, 6.07) is 5.74. The summed E-state index contributed by atoms with van der Waals surface area (Å²) >= 11 is 0. The van der Waals surface area contributed by atoms with Gasteiger partial charge in [-0.25, -0.2) is 0 Å². The SMILES string of the molecule is CCOC(=N)CC(=O)Nc1cccc(C)c1C.Cl. The summed E-state index contributed by atoms with van der Waals surface area (Å²) in [6.45, 7) is 6.15. The van der Waals surface area contributed by atoms with Crippen LogP contribution in [0.3, 0.4) is 0 Å². The zero-order chi connectivity index (χ0) is 12.8. The lowest BCUT2D eigenvalue weighted by Crippen LogP contribution is -2.18. The van der Waals surface area contributed by atoms with Crippen LogP contribution in [0.1, 0.15) is 24.5 Å². The second kappa shape index (κ2) is 7.71. The molecule has 1 amide bonds. The molecule has 0 aliphatic heterocycles. The van der Waals surface area contributed by atoms with Crippen molar-refractivity contribution in [1.82, 2.24) is 0 Å². The van der Waals surface area contributed by atoms with Gasteiger partial charge in [-0.1, -0.05) is 12.1 Å². The van der Waals surface area contributed by atoms with E-state index in [0.29, 0.717) is 6.61 Å². The number of carbonyl (C=O) groups is 1. The van der Waals surface area contributed by atoms with E-state index < -0.39 is 0 Å². The number of halogens is 1. The minimum absolute atomic E-state index is 0. The molecule has 0 heterocycles. The number of rotatable bonds is 4. The minimum atomic E-state index is -0.225. The van der Waals surface area contributed by atoms with Gasteiger partial charge >= 0.3 is 0 Å². The Hall–Kier alpha value is -1.55. The Morgan fingerprint density at radius 3 is 2.67 bits per heavy atom. The number of ether oxygens (including phenoxy) is 1. The van der Waals surface area contributed by atoms with Crippen LogP contribution in [0.5, 0.6) is 0 Å². The van der Waals surface area contributed by atoms with E-state index in [1.807, 2.05) is 32.0 Å². The molecule has 0 saturated carbocycles. The molecular weight excluding hydrogens is 252 g/mol. The van der Waals surface area contributed by atoms with Crippen LogP contribution in [0.2, 0.25) is 0 Å². The summed E-state index contributed by atoms with van der Waals surface area (Å²) in [5, 5.41) is 10.2. The van der Waals surface area contributed by atoms with Crippen LogP contribution >= 0.6 is 12.4 Å². The molecule has 2 N–H and O–H groups in total. The first kappa shape index (κ1) is 16.4. The molecule has 0 fully saturated rings. The Kier molecular flexibility index (Phi) is 7.05. The first-order valence-corrected chi connectivity index (χ1v) is 5.61. The van der Waals surface area contributed by atoms with E-state index in [-0.39, 0.29) is 30.6 Å². The van der Waals surface area contributed by atoms with Crippen molar-refractivity contribution in [3.05, 3.63) is 29.3 Å². The molecule has 0 aliphatic carbocycles. The molecule has 0 unspecified atom stereocenters. The molecule has 1 aromatic carbocycles. The van der Waals surface area contributed by atoms with Gasteiger partial charge in [0.1, 0.15) is 6.42 Å². The van der Waals surface area contributed by atoms with Gasteiger partial charge in [0.05, 0.1) is 6.61 Å². The number of carbonyl (C=O) groups excluding carboxylic acids is 1. The van der Waals surface area contributed by atoms with Gasteiger partial charge in [-0.2, -0.15) is 0 Å². The quantitative estimate of drug-likeness (QED) is 0.652. The summed E-state index contributed by atoms with van der Waals surface area (Å²) in [5.41, 5.74) is 2.96. The highest BCUT2D eigenvalue weighted by Gasteiger charge is 2.09. The summed E-state index contributed by atoms with van der Waals surface area (Å²) in [4.78, 5) is 11.6. The lowest BCUT2D eigenvalue weighted by atomic mass is 10.1. The first-order chi connectivity index (χ1) is 8.04. The van der Waals surface area contributed by atoms with Crippen molar-refractivity contribution in [2.45, 2.75) is 27.2 Å². The van der Waals surface area contributed by atoms with Crippen molar-refractivity contribution >= 4 is 29.9 Å². The Labute approximate surface area is 114 Å². The predicted molar refractivity (Wildman–Crippen MR) is 75.8 cm³/mol. The summed E-state index contributed by atoms with van der Waals surface area (Å²) in [5.74, 6) is -0.229. The fourth-order valence-electron chi connectivity index (χ4n) is 1.45. The van der Waals surface area contributed by atoms with Gasteiger partial charge < -0.3 is 10.1 Å². The van der Waals surface area contributed by atoms with E-state index in [1.54, 1.807) is 6.92 Å². The molecule has 1 rings (SSSR count). The normalized spacial score (nSPS) is 9.28. The van der Waals surface area contributed by atoms with E-state index in [2.05, 4.69) is 5.32 Å². The topological polar surface area (TPSA) is 62.2 Å². The average Bonchev–Trinajstić information content (AvgIpc) is 2.25. The van der Waals surface area contributed by atoms with E-state index in [0.717, 1.165) is 16.8 Å². The molecule has 0 bridgehead atoms. The first-order valence-electron chi connectivity index (χ1n) is 5.61. The molecule has 5 heteroatoms. The van der Waals surface area contributed by atoms with Crippen LogP contribution in [0.4, 0.5) is 5.69 Å². The molecule has 0 spiro atoms. The van der Waals surface area contributed by atoms with Crippen LogP contribution in [0, 0.1) is 19.3 Å². The monoisotopic (exact) mass is 270 g/mol. The van der Waals surface area contributed by atoms with Crippen molar-refractivity contribution < 1.29 is 9.53 Å². The van der Waals surface area contributed by atoms with E-state index in [9.17, 15) is 4.79 Å². The van der Waals surface area contributed by atoms with Crippen molar-refractivity contribution in [3.63, 3.8) is 0 Å². The second-order valence-corrected chi connectivity index (χ2v) is 3.83. The predicted octanol–water partition coefficient (Wildman–Crippen LogP) is 3.07. The molecule has 1 aromatic rings. The lowest BCUT2D eigenvalue weighted by molar-refractivity contribution is -0.115. The molecule has 18 heavy (non-hydrogen) atoms. The maximum Gasteiger partial charge on any atom is 0.233 e. The lowest BCUT2D eigenvalue weighted by Gasteiger charge is -2.10. The van der Waals surface area contributed by atoms with Gasteiger partial charge in [-0.3, -0.25) is 10.2 Å². The third-order valence-electron chi connectivity index (χ3n) is 2.52. The number of aryl methyl sites for hydroxylation is 1. The van der Waals surface area contributed by atoms with Crippen molar-refractivity contribution in [2.75, 3.05) is 11.9 Å². The van der Waals surface area contributed by atoms with Crippen molar-refractivity contribution in [2.24, 2.45) is 0 Å². The Morgan fingerprint density at radius 1 is 1.39 bits per heavy atom. The fraction of sp³-hybridized carbons (Fsp3) is 0.385. The summed E-state index contributed by atoms with van der Waals surface area (Å²) in [6.07, 6.45) is -0.0266.